The van der Waals surface area contributed by atoms with Gasteiger partial charge in [-0.05, 0) is 44.8 Å². The van der Waals surface area contributed by atoms with Gasteiger partial charge in [-0.15, -0.1) is 0 Å². The highest BCUT2D eigenvalue weighted by Crippen LogP contribution is 2.21. The van der Waals surface area contributed by atoms with Crippen LogP contribution in [0.3, 0.4) is 0 Å². The Hall–Kier alpha value is -0.160. The number of hydrogen-bond acceptors (Lipinski definition) is 4. The lowest BCUT2D eigenvalue weighted by atomic mass is 9.90. The van der Waals surface area contributed by atoms with E-state index in [4.69, 9.17) is 4.74 Å². The number of morpholine rings is 1. The molecule has 2 rings (SSSR count). The van der Waals surface area contributed by atoms with Gasteiger partial charge in [0.15, 0.2) is 0 Å². The molecule has 0 aliphatic carbocycles. The van der Waals surface area contributed by atoms with Gasteiger partial charge in [0.05, 0.1) is 13.2 Å². The van der Waals surface area contributed by atoms with Gasteiger partial charge in [0.2, 0.25) is 0 Å². The molecule has 0 radical (unpaired) electrons. The lowest BCUT2D eigenvalue weighted by Gasteiger charge is -2.39. The van der Waals surface area contributed by atoms with Crippen LogP contribution < -0.4 is 0 Å². The van der Waals surface area contributed by atoms with E-state index in [9.17, 15) is 0 Å². The fraction of sp³-hybridized carbons (Fsp3) is 1.00. The van der Waals surface area contributed by atoms with Crippen molar-refractivity contribution in [2.45, 2.75) is 26.7 Å². The second-order valence-corrected chi connectivity index (χ2v) is 8.02. The molecule has 1 unspecified atom stereocenters. The van der Waals surface area contributed by atoms with Crippen LogP contribution >= 0.6 is 0 Å². The van der Waals surface area contributed by atoms with Crippen molar-refractivity contribution >= 4 is 0 Å². The Morgan fingerprint density at radius 1 is 1.19 bits per heavy atom. The highest BCUT2D eigenvalue weighted by molar-refractivity contribution is 4.80. The summed E-state index contributed by atoms with van der Waals surface area (Å²) in [6, 6.07) is 0. The number of likely N-dealkylation sites (tertiary alicyclic amines) is 1. The Balaban J connectivity index is 1.73. The van der Waals surface area contributed by atoms with Crippen molar-refractivity contribution in [1.29, 1.82) is 0 Å². The average molecular weight is 297 g/mol. The Kier molecular flexibility index (Phi) is 6.48. The molecule has 2 saturated heterocycles. The molecule has 0 aromatic carbocycles. The summed E-state index contributed by atoms with van der Waals surface area (Å²) in [7, 11) is 4.56. The van der Waals surface area contributed by atoms with Gasteiger partial charge in [0.1, 0.15) is 0 Å². The summed E-state index contributed by atoms with van der Waals surface area (Å²) in [5, 5.41) is 0. The minimum Gasteiger partial charge on any atom is -0.379 e. The third-order valence-electron chi connectivity index (χ3n) is 4.75. The summed E-state index contributed by atoms with van der Waals surface area (Å²) in [5.41, 5.74) is 0.354. The van der Waals surface area contributed by atoms with Crippen molar-refractivity contribution in [3.8, 4) is 0 Å². The minimum absolute atomic E-state index is 0.354. The number of nitrogens with zero attached hydrogens (tertiary/aromatic N) is 3. The van der Waals surface area contributed by atoms with Crippen LogP contribution in [0, 0.1) is 11.3 Å². The first-order valence-electron chi connectivity index (χ1n) is 8.62. The molecule has 0 saturated carbocycles. The molecule has 21 heavy (non-hydrogen) atoms. The number of hydrogen-bond donors (Lipinski definition) is 0. The van der Waals surface area contributed by atoms with Crippen molar-refractivity contribution in [1.82, 2.24) is 14.7 Å². The van der Waals surface area contributed by atoms with Gasteiger partial charge in [-0.1, -0.05) is 13.8 Å². The molecular weight excluding hydrogens is 262 g/mol. The molecule has 124 valence electrons. The molecule has 2 aliphatic heterocycles. The van der Waals surface area contributed by atoms with E-state index < -0.39 is 0 Å². The number of ether oxygens (including phenoxy) is 1. The van der Waals surface area contributed by atoms with Gasteiger partial charge in [-0.25, -0.2) is 0 Å². The monoisotopic (exact) mass is 297 g/mol. The van der Waals surface area contributed by atoms with E-state index in [1.165, 1.54) is 45.6 Å². The first-order valence-corrected chi connectivity index (χ1v) is 8.62. The maximum atomic E-state index is 5.45. The lowest BCUT2D eigenvalue weighted by molar-refractivity contribution is 0.0151. The smallest absolute Gasteiger partial charge is 0.0594 e. The largest absolute Gasteiger partial charge is 0.379 e. The summed E-state index contributed by atoms with van der Waals surface area (Å²) < 4.78 is 5.45. The number of piperidine rings is 1. The summed E-state index contributed by atoms with van der Waals surface area (Å²) in [5.74, 6) is 0.855. The fourth-order valence-electron chi connectivity index (χ4n) is 4.07. The van der Waals surface area contributed by atoms with Crippen LogP contribution in [0.1, 0.15) is 26.7 Å². The first kappa shape index (κ1) is 17.2. The van der Waals surface area contributed by atoms with Crippen molar-refractivity contribution in [2.24, 2.45) is 11.3 Å². The zero-order valence-corrected chi connectivity index (χ0v) is 14.6. The Morgan fingerprint density at radius 3 is 2.57 bits per heavy atom. The van der Waals surface area contributed by atoms with Crippen molar-refractivity contribution < 1.29 is 4.74 Å². The van der Waals surface area contributed by atoms with Crippen molar-refractivity contribution in [2.75, 3.05) is 73.1 Å². The van der Waals surface area contributed by atoms with Crippen LogP contribution in [0.15, 0.2) is 0 Å². The van der Waals surface area contributed by atoms with Gasteiger partial charge in [0.25, 0.3) is 0 Å². The second-order valence-electron chi connectivity index (χ2n) is 8.02. The second kappa shape index (κ2) is 7.91. The van der Waals surface area contributed by atoms with E-state index in [2.05, 4.69) is 42.6 Å². The molecule has 2 heterocycles. The highest BCUT2D eigenvalue weighted by atomic mass is 16.5. The van der Waals surface area contributed by atoms with Crippen molar-refractivity contribution in [3.63, 3.8) is 0 Å². The van der Waals surface area contributed by atoms with Crippen LogP contribution in [0.2, 0.25) is 0 Å². The highest BCUT2D eigenvalue weighted by Gasteiger charge is 2.26. The van der Waals surface area contributed by atoms with Crippen LogP contribution in [0.5, 0.6) is 0 Å². The van der Waals surface area contributed by atoms with Gasteiger partial charge < -0.3 is 14.5 Å². The molecule has 0 aromatic heterocycles. The Bertz CT molecular complexity index is 302. The van der Waals surface area contributed by atoms with E-state index in [-0.39, 0.29) is 0 Å². The zero-order chi connectivity index (χ0) is 15.3. The normalized spacial score (nSPS) is 26.4. The Morgan fingerprint density at radius 2 is 1.90 bits per heavy atom. The number of rotatable bonds is 6. The molecule has 4 nitrogen and oxygen atoms in total. The third-order valence-corrected chi connectivity index (χ3v) is 4.75. The molecule has 1 atom stereocenters. The molecule has 2 fully saturated rings. The van der Waals surface area contributed by atoms with E-state index >= 15 is 0 Å². The topological polar surface area (TPSA) is 19.0 Å². The predicted molar refractivity (Wildman–Crippen MR) is 88.8 cm³/mol. The fourth-order valence-corrected chi connectivity index (χ4v) is 4.07. The standard InChI is InChI=1S/C17H35N3O/c1-17(2,15-20-8-10-21-11-9-20)14-19(4)13-16-6-5-7-18(3)12-16/h16H,5-15H2,1-4H3. The maximum absolute atomic E-state index is 5.45. The molecule has 0 N–H and O–H groups in total. The van der Waals surface area contributed by atoms with Crippen LogP contribution in [0.25, 0.3) is 0 Å². The predicted octanol–water partition coefficient (Wildman–Crippen LogP) is 1.62. The lowest BCUT2D eigenvalue weighted by Crippen LogP contribution is -2.46. The Labute approximate surface area is 131 Å². The first-order chi connectivity index (χ1) is 9.94. The van der Waals surface area contributed by atoms with E-state index in [1.54, 1.807) is 0 Å². The molecule has 0 aromatic rings. The molecule has 4 heteroatoms. The zero-order valence-electron chi connectivity index (χ0n) is 14.6. The summed E-state index contributed by atoms with van der Waals surface area (Å²) in [6.45, 7) is 15.0. The van der Waals surface area contributed by atoms with Gasteiger partial charge in [-0.3, -0.25) is 4.90 Å². The van der Waals surface area contributed by atoms with Crippen LogP contribution in [-0.2, 0) is 4.74 Å². The molecule has 2 aliphatic rings. The van der Waals surface area contributed by atoms with E-state index in [0.29, 0.717) is 5.41 Å². The average Bonchev–Trinajstić information content (AvgIpc) is 2.38. The van der Waals surface area contributed by atoms with E-state index in [1.807, 2.05) is 0 Å². The molecular formula is C17H35N3O. The summed E-state index contributed by atoms with van der Waals surface area (Å²) in [6.07, 6.45) is 2.77. The summed E-state index contributed by atoms with van der Waals surface area (Å²) >= 11 is 0. The third kappa shape index (κ3) is 6.23. The van der Waals surface area contributed by atoms with Crippen molar-refractivity contribution in [3.05, 3.63) is 0 Å². The quantitative estimate of drug-likeness (QED) is 0.741. The SMILES string of the molecule is CN1CCCC(CN(C)CC(C)(C)CN2CCOCC2)C1. The maximum Gasteiger partial charge on any atom is 0.0594 e. The van der Waals surface area contributed by atoms with Gasteiger partial charge in [-0.2, -0.15) is 0 Å². The molecule has 0 spiro atoms. The van der Waals surface area contributed by atoms with Crippen LogP contribution in [-0.4, -0.2) is 87.8 Å². The minimum atomic E-state index is 0.354. The van der Waals surface area contributed by atoms with Gasteiger partial charge >= 0.3 is 0 Å². The van der Waals surface area contributed by atoms with E-state index in [0.717, 1.165) is 32.2 Å². The van der Waals surface area contributed by atoms with Crippen LogP contribution in [0.4, 0.5) is 0 Å². The van der Waals surface area contributed by atoms with Gasteiger partial charge in [0, 0.05) is 39.3 Å². The summed E-state index contributed by atoms with van der Waals surface area (Å²) in [4.78, 5) is 7.61. The molecule has 0 bridgehead atoms. The molecule has 0 amide bonds.